The smallest absolute Gasteiger partial charge is 0.329 e. The number of nitrogens with one attached hydrogen (secondary N) is 1. The highest BCUT2D eigenvalue weighted by Crippen LogP contribution is 2.31. The third-order valence-electron chi connectivity index (χ3n) is 5.50. The molecule has 0 radical (unpaired) electrons. The van der Waals surface area contributed by atoms with E-state index in [1.54, 1.807) is 6.07 Å². The Morgan fingerprint density at radius 2 is 1.55 bits per heavy atom. The maximum absolute atomic E-state index is 13.1. The van der Waals surface area contributed by atoms with E-state index < -0.39 is 17.4 Å². The molecule has 0 aliphatic heterocycles. The number of amides is 1. The second-order valence-electron chi connectivity index (χ2n) is 7.37. The number of hydrogen-bond acceptors (Lipinski definition) is 2. The molecule has 1 saturated carbocycles. The van der Waals surface area contributed by atoms with Gasteiger partial charge in [0.05, 0.1) is 5.56 Å². The monoisotopic (exact) mass is 383 g/mol. The van der Waals surface area contributed by atoms with Gasteiger partial charge in [-0.2, -0.15) is 0 Å². The van der Waals surface area contributed by atoms with Crippen molar-refractivity contribution < 1.29 is 14.7 Å². The van der Waals surface area contributed by atoms with Gasteiger partial charge in [-0.1, -0.05) is 73.2 Å². The lowest BCUT2D eigenvalue weighted by molar-refractivity contribution is -0.144. The summed E-state index contributed by atoms with van der Waals surface area (Å²) >= 11 is 0. The molecule has 2 N–H and O–H groups in total. The van der Waals surface area contributed by atoms with E-state index in [2.05, 4.69) is 17.2 Å². The number of carbonyl (C=O) groups is 2. The molecule has 0 heterocycles. The Labute approximate surface area is 169 Å². The quantitative estimate of drug-likeness (QED) is 0.660. The van der Waals surface area contributed by atoms with Gasteiger partial charge in [0.2, 0.25) is 0 Å². The van der Waals surface area contributed by atoms with E-state index in [-0.39, 0.29) is 0 Å². The van der Waals surface area contributed by atoms with Gasteiger partial charge in [0.25, 0.3) is 5.91 Å². The van der Waals surface area contributed by atoms with Crippen molar-refractivity contribution >= 4 is 22.6 Å². The summed E-state index contributed by atoms with van der Waals surface area (Å²) in [6, 6.07) is 20.9. The van der Waals surface area contributed by atoms with Crippen LogP contribution in [-0.4, -0.2) is 22.5 Å². The van der Waals surface area contributed by atoms with Gasteiger partial charge in [-0.25, -0.2) is 4.79 Å². The number of hydrogen-bond donors (Lipinski definition) is 2. The Balaban J connectivity index is 1.79. The summed E-state index contributed by atoms with van der Waals surface area (Å²) < 4.78 is 0. The van der Waals surface area contributed by atoms with Crippen LogP contribution in [0.4, 0.5) is 0 Å². The van der Waals surface area contributed by atoms with Gasteiger partial charge in [0.15, 0.2) is 0 Å². The number of fused-ring (bicyclic) bond motifs is 1. The van der Waals surface area contributed by atoms with Crippen LogP contribution in [-0.2, 0) is 4.79 Å². The van der Waals surface area contributed by atoms with Gasteiger partial charge in [0.1, 0.15) is 5.54 Å². The molecule has 0 bridgehead atoms. The average molecular weight is 383 g/mol. The second-order valence-corrected chi connectivity index (χ2v) is 7.37. The van der Waals surface area contributed by atoms with E-state index >= 15 is 0 Å². The molecule has 4 heteroatoms. The molecule has 4 nitrogen and oxygen atoms in total. The van der Waals surface area contributed by atoms with Crippen LogP contribution < -0.4 is 5.32 Å². The molecule has 1 aliphatic carbocycles. The minimum Gasteiger partial charge on any atom is -0.480 e. The molecule has 0 spiro atoms. The Bertz CT molecular complexity index is 1130. The Kier molecular flexibility index (Phi) is 5.05. The Morgan fingerprint density at radius 3 is 2.28 bits per heavy atom. The molecule has 144 valence electrons. The maximum atomic E-state index is 13.1. The van der Waals surface area contributed by atoms with Crippen molar-refractivity contribution in [3.63, 3.8) is 0 Å². The molecular formula is C25H21NO3. The number of carboxylic acid groups (broad SMARTS) is 1. The first-order valence-corrected chi connectivity index (χ1v) is 9.74. The van der Waals surface area contributed by atoms with E-state index in [1.165, 1.54) is 0 Å². The SMILES string of the molecule is O=C(NC1(C(=O)O)CCCC1)c1ccc2ccccc2c1C#Cc1ccccc1. The topological polar surface area (TPSA) is 66.4 Å². The number of benzene rings is 3. The lowest BCUT2D eigenvalue weighted by Crippen LogP contribution is -2.52. The molecule has 1 amide bonds. The van der Waals surface area contributed by atoms with E-state index in [9.17, 15) is 14.7 Å². The first-order chi connectivity index (χ1) is 14.1. The average Bonchev–Trinajstić information content (AvgIpc) is 3.22. The van der Waals surface area contributed by atoms with E-state index in [0.29, 0.717) is 24.0 Å². The molecule has 1 fully saturated rings. The van der Waals surface area contributed by atoms with Crippen molar-refractivity contribution in [1.82, 2.24) is 5.32 Å². The van der Waals surface area contributed by atoms with Crippen LogP contribution in [0.2, 0.25) is 0 Å². The van der Waals surface area contributed by atoms with E-state index in [1.807, 2.05) is 60.7 Å². The molecule has 0 aromatic heterocycles. The standard InChI is InChI=1S/C25H21NO3/c27-23(26-25(24(28)29)16-6-7-17-25)22-15-13-19-10-4-5-11-20(19)21(22)14-12-18-8-2-1-3-9-18/h1-5,8-11,13,15H,6-7,16-17H2,(H,26,27)(H,28,29). The second kappa shape index (κ2) is 7.81. The van der Waals surface area contributed by atoms with E-state index in [4.69, 9.17) is 0 Å². The number of aliphatic carboxylic acids is 1. The molecule has 3 aromatic rings. The summed E-state index contributed by atoms with van der Waals surface area (Å²) in [7, 11) is 0. The summed E-state index contributed by atoms with van der Waals surface area (Å²) in [6.45, 7) is 0. The fraction of sp³-hybridized carbons (Fsp3) is 0.200. The predicted octanol–water partition coefficient (Wildman–Crippen LogP) is 4.37. The van der Waals surface area contributed by atoms with Crippen molar-refractivity contribution in [2.75, 3.05) is 0 Å². The van der Waals surface area contributed by atoms with E-state index in [0.717, 1.165) is 29.2 Å². The highest BCUT2D eigenvalue weighted by molar-refractivity contribution is 6.05. The van der Waals surface area contributed by atoms with Crippen molar-refractivity contribution in [1.29, 1.82) is 0 Å². The molecule has 1 aliphatic rings. The zero-order chi connectivity index (χ0) is 20.3. The number of rotatable bonds is 3. The lowest BCUT2D eigenvalue weighted by Gasteiger charge is -2.25. The highest BCUT2D eigenvalue weighted by atomic mass is 16.4. The fourth-order valence-corrected chi connectivity index (χ4v) is 3.91. The first kappa shape index (κ1) is 18.8. The summed E-state index contributed by atoms with van der Waals surface area (Å²) in [5, 5.41) is 14.4. The van der Waals surface area contributed by atoms with Gasteiger partial charge in [-0.05, 0) is 41.8 Å². The third-order valence-corrected chi connectivity index (χ3v) is 5.50. The molecule has 0 saturated heterocycles. The van der Waals surface area contributed by atoms with Gasteiger partial charge in [-0.3, -0.25) is 4.79 Å². The first-order valence-electron chi connectivity index (χ1n) is 9.74. The van der Waals surface area contributed by atoms with Crippen molar-refractivity contribution in [3.8, 4) is 11.8 Å². The minimum absolute atomic E-state index is 0.391. The van der Waals surface area contributed by atoms with Crippen molar-refractivity contribution in [2.24, 2.45) is 0 Å². The normalized spacial score (nSPS) is 14.8. The maximum Gasteiger partial charge on any atom is 0.329 e. The largest absolute Gasteiger partial charge is 0.480 e. The predicted molar refractivity (Wildman–Crippen MR) is 113 cm³/mol. The fourth-order valence-electron chi connectivity index (χ4n) is 3.91. The van der Waals surface area contributed by atoms with Gasteiger partial charge in [0, 0.05) is 11.1 Å². The molecule has 0 atom stereocenters. The summed E-state index contributed by atoms with van der Waals surface area (Å²) in [5.41, 5.74) is 0.680. The van der Waals surface area contributed by atoms with Crippen molar-refractivity contribution in [2.45, 2.75) is 31.2 Å². The van der Waals surface area contributed by atoms with Crippen molar-refractivity contribution in [3.05, 3.63) is 83.4 Å². The number of carboxylic acids is 1. The third kappa shape index (κ3) is 3.72. The lowest BCUT2D eigenvalue weighted by atomic mass is 9.94. The zero-order valence-corrected chi connectivity index (χ0v) is 15.9. The van der Waals surface area contributed by atoms with Gasteiger partial charge >= 0.3 is 5.97 Å². The Morgan fingerprint density at radius 1 is 0.862 bits per heavy atom. The van der Waals surface area contributed by atoms with Gasteiger partial charge in [-0.15, -0.1) is 0 Å². The molecule has 3 aromatic carbocycles. The Hall–Kier alpha value is -3.58. The van der Waals surface area contributed by atoms with Crippen LogP contribution in [0.1, 0.15) is 47.2 Å². The zero-order valence-electron chi connectivity index (χ0n) is 15.9. The molecule has 29 heavy (non-hydrogen) atoms. The molecule has 4 rings (SSSR count). The van der Waals surface area contributed by atoms with Crippen LogP contribution in [0.3, 0.4) is 0 Å². The molecular weight excluding hydrogens is 362 g/mol. The highest BCUT2D eigenvalue weighted by Gasteiger charge is 2.43. The van der Waals surface area contributed by atoms with Crippen LogP contribution in [0.25, 0.3) is 10.8 Å². The van der Waals surface area contributed by atoms with Crippen LogP contribution >= 0.6 is 0 Å². The number of carbonyl (C=O) groups excluding carboxylic acids is 1. The summed E-state index contributed by atoms with van der Waals surface area (Å²) in [6.07, 6.45) is 2.50. The van der Waals surface area contributed by atoms with Crippen LogP contribution in [0.15, 0.2) is 66.7 Å². The van der Waals surface area contributed by atoms with Crippen LogP contribution in [0, 0.1) is 11.8 Å². The molecule has 0 unspecified atom stereocenters. The van der Waals surface area contributed by atoms with Gasteiger partial charge < -0.3 is 10.4 Å². The summed E-state index contributed by atoms with van der Waals surface area (Å²) in [4.78, 5) is 25.0. The van der Waals surface area contributed by atoms with Crippen LogP contribution in [0.5, 0.6) is 0 Å². The summed E-state index contributed by atoms with van der Waals surface area (Å²) in [5.74, 6) is 4.93. The minimum atomic E-state index is -1.19.